The molecule has 1 rings (SSSR count). The van der Waals surface area contributed by atoms with Crippen LogP contribution in [0.25, 0.3) is 0 Å². The van der Waals surface area contributed by atoms with Crippen LogP contribution in [0.15, 0.2) is 12.1 Å². The Morgan fingerprint density at radius 3 is 2.54 bits per heavy atom. The topological polar surface area (TPSA) is 34.1 Å². The van der Waals surface area contributed by atoms with Gasteiger partial charge in [-0.1, -0.05) is 6.07 Å². The smallest absolute Gasteiger partial charge is 0.163 e. The van der Waals surface area contributed by atoms with Crippen LogP contribution in [-0.4, -0.2) is 12.1 Å². The van der Waals surface area contributed by atoms with E-state index >= 15 is 0 Å². The van der Waals surface area contributed by atoms with Gasteiger partial charge in [-0.15, -0.1) is 0 Å². The van der Waals surface area contributed by atoms with E-state index < -0.39 is 5.82 Å². The third kappa shape index (κ3) is 1.64. The van der Waals surface area contributed by atoms with Crippen molar-refractivity contribution in [1.82, 2.24) is 0 Å². The lowest BCUT2D eigenvalue weighted by Gasteiger charge is -2.04. The number of hydrogen-bond acceptors (Lipinski definition) is 2. The van der Waals surface area contributed by atoms with Gasteiger partial charge in [0.05, 0.1) is 11.1 Å². The van der Waals surface area contributed by atoms with E-state index in [0.717, 1.165) is 0 Å². The number of halogens is 1. The standard InChI is InChI=1S/C10H9FO2/c1-6-3-4-8(5-12)10(11)9(6)7(2)13/h3-5H,1-2H3. The highest BCUT2D eigenvalue weighted by Gasteiger charge is 2.13. The Morgan fingerprint density at radius 2 is 2.08 bits per heavy atom. The van der Waals surface area contributed by atoms with E-state index in [1.165, 1.54) is 13.0 Å². The van der Waals surface area contributed by atoms with E-state index in [-0.39, 0.29) is 16.9 Å². The number of benzene rings is 1. The summed E-state index contributed by atoms with van der Waals surface area (Å²) in [6.07, 6.45) is 0.404. The van der Waals surface area contributed by atoms with Crippen LogP contribution in [0.2, 0.25) is 0 Å². The van der Waals surface area contributed by atoms with Crippen molar-refractivity contribution in [3.8, 4) is 0 Å². The van der Waals surface area contributed by atoms with Gasteiger partial charge >= 0.3 is 0 Å². The number of carbonyl (C=O) groups excluding carboxylic acids is 2. The van der Waals surface area contributed by atoms with Crippen molar-refractivity contribution < 1.29 is 14.0 Å². The summed E-state index contributed by atoms with van der Waals surface area (Å²) in [5.41, 5.74) is 0.482. The molecule has 0 fully saturated rings. The highest BCUT2D eigenvalue weighted by atomic mass is 19.1. The zero-order chi connectivity index (χ0) is 10.0. The number of aryl methyl sites for hydroxylation is 1. The Labute approximate surface area is 75.4 Å². The van der Waals surface area contributed by atoms with Gasteiger partial charge in [0, 0.05) is 0 Å². The number of Topliss-reactive ketones (excluding diaryl/α,β-unsaturated/α-hetero) is 1. The van der Waals surface area contributed by atoms with Gasteiger partial charge in [0.15, 0.2) is 12.1 Å². The summed E-state index contributed by atoms with van der Waals surface area (Å²) in [5, 5.41) is 0. The van der Waals surface area contributed by atoms with Gasteiger partial charge in [-0.2, -0.15) is 0 Å². The van der Waals surface area contributed by atoms with E-state index in [0.29, 0.717) is 11.8 Å². The molecule has 0 saturated heterocycles. The van der Waals surface area contributed by atoms with Crippen LogP contribution in [0.1, 0.15) is 33.2 Å². The van der Waals surface area contributed by atoms with Gasteiger partial charge < -0.3 is 0 Å². The minimum absolute atomic E-state index is 0.00426. The normalized spacial score (nSPS) is 9.77. The molecule has 0 spiro atoms. The molecule has 0 radical (unpaired) electrons. The Morgan fingerprint density at radius 1 is 1.46 bits per heavy atom. The molecule has 0 heterocycles. The number of hydrogen-bond donors (Lipinski definition) is 0. The monoisotopic (exact) mass is 180 g/mol. The summed E-state index contributed by atoms with van der Waals surface area (Å²) in [4.78, 5) is 21.4. The summed E-state index contributed by atoms with van der Waals surface area (Å²) in [7, 11) is 0. The summed E-state index contributed by atoms with van der Waals surface area (Å²) in [6, 6.07) is 2.92. The van der Waals surface area contributed by atoms with E-state index in [1.54, 1.807) is 13.0 Å². The maximum atomic E-state index is 13.3. The zero-order valence-corrected chi connectivity index (χ0v) is 7.43. The Kier molecular flexibility index (Phi) is 2.56. The molecular weight excluding hydrogens is 171 g/mol. The maximum Gasteiger partial charge on any atom is 0.163 e. The molecule has 13 heavy (non-hydrogen) atoms. The minimum atomic E-state index is -0.720. The van der Waals surface area contributed by atoms with Gasteiger partial charge in [-0.25, -0.2) is 4.39 Å². The second-order valence-corrected chi connectivity index (χ2v) is 2.83. The maximum absolute atomic E-state index is 13.3. The summed E-state index contributed by atoms with van der Waals surface area (Å²) in [6.45, 7) is 2.91. The van der Waals surface area contributed by atoms with E-state index in [9.17, 15) is 14.0 Å². The predicted molar refractivity (Wildman–Crippen MR) is 46.5 cm³/mol. The molecule has 0 unspecified atom stereocenters. The molecule has 1 aromatic rings. The van der Waals surface area contributed by atoms with E-state index in [1.807, 2.05) is 0 Å². The van der Waals surface area contributed by atoms with Crippen LogP contribution >= 0.6 is 0 Å². The van der Waals surface area contributed by atoms with Crippen LogP contribution in [0.3, 0.4) is 0 Å². The van der Waals surface area contributed by atoms with Gasteiger partial charge in [0.2, 0.25) is 0 Å². The van der Waals surface area contributed by atoms with E-state index in [2.05, 4.69) is 0 Å². The fourth-order valence-corrected chi connectivity index (χ4v) is 1.21. The molecule has 0 aromatic heterocycles. The average Bonchev–Trinajstić information content (AvgIpc) is 2.04. The predicted octanol–water partition coefficient (Wildman–Crippen LogP) is 2.15. The molecule has 3 heteroatoms. The first kappa shape index (κ1) is 9.58. The van der Waals surface area contributed by atoms with Crippen LogP contribution in [-0.2, 0) is 0 Å². The van der Waals surface area contributed by atoms with Crippen molar-refractivity contribution in [2.75, 3.05) is 0 Å². The van der Waals surface area contributed by atoms with Crippen LogP contribution in [0, 0.1) is 12.7 Å². The lowest BCUT2D eigenvalue weighted by atomic mass is 10.0. The van der Waals surface area contributed by atoms with Crippen LogP contribution in [0.5, 0.6) is 0 Å². The SMILES string of the molecule is CC(=O)c1c(C)ccc(C=O)c1F. The van der Waals surface area contributed by atoms with Crippen LogP contribution < -0.4 is 0 Å². The molecule has 0 amide bonds. The molecule has 0 saturated carbocycles. The van der Waals surface area contributed by atoms with Gasteiger partial charge in [-0.05, 0) is 25.5 Å². The van der Waals surface area contributed by atoms with Gasteiger partial charge in [0.1, 0.15) is 5.82 Å². The lowest BCUT2D eigenvalue weighted by Crippen LogP contribution is -2.03. The fourth-order valence-electron chi connectivity index (χ4n) is 1.21. The third-order valence-electron chi connectivity index (χ3n) is 1.86. The number of ketones is 1. The summed E-state index contributed by atoms with van der Waals surface area (Å²) < 4.78 is 13.3. The van der Waals surface area contributed by atoms with Crippen molar-refractivity contribution in [2.45, 2.75) is 13.8 Å². The van der Waals surface area contributed by atoms with Gasteiger partial charge in [0.25, 0.3) is 0 Å². The second-order valence-electron chi connectivity index (χ2n) is 2.83. The first-order valence-corrected chi connectivity index (χ1v) is 3.83. The molecule has 2 nitrogen and oxygen atoms in total. The Hall–Kier alpha value is -1.51. The van der Waals surface area contributed by atoms with Crippen molar-refractivity contribution in [1.29, 1.82) is 0 Å². The van der Waals surface area contributed by atoms with Crippen molar-refractivity contribution in [3.05, 3.63) is 34.6 Å². The molecule has 0 aliphatic rings. The van der Waals surface area contributed by atoms with Crippen molar-refractivity contribution in [2.24, 2.45) is 0 Å². The van der Waals surface area contributed by atoms with Crippen LogP contribution in [0.4, 0.5) is 4.39 Å². The highest BCUT2D eigenvalue weighted by molar-refractivity contribution is 5.97. The quantitative estimate of drug-likeness (QED) is 0.516. The molecule has 0 aliphatic carbocycles. The molecule has 0 aliphatic heterocycles. The Balaban J connectivity index is 3.47. The first-order valence-electron chi connectivity index (χ1n) is 3.83. The fraction of sp³-hybridized carbons (Fsp3) is 0.200. The number of aldehydes is 1. The highest BCUT2D eigenvalue weighted by Crippen LogP contribution is 2.16. The molecule has 1 aromatic carbocycles. The van der Waals surface area contributed by atoms with Crippen molar-refractivity contribution >= 4 is 12.1 Å². The largest absolute Gasteiger partial charge is 0.298 e. The third-order valence-corrected chi connectivity index (χ3v) is 1.86. The molecule has 0 N–H and O–H groups in total. The summed E-state index contributed by atoms with van der Waals surface area (Å²) >= 11 is 0. The summed E-state index contributed by atoms with van der Waals surface area (Å²) in [5.74, 6) is -1.08. The Bertz CT molecular complexity index is 369. The lowest BCUT2D eigenvalue weighted by molar-refractivity contribution is 0.101. The first-order chi connectivity index (χ1) is 6.07. The molecule has 68 valence electrons. The average molecular weight is 180 g/mol. The van der Waals surface area contributed by atoms with E-state index in [4.69, 9.17) is 0 Å². The molecule has 0 bridgehead atoms. The molecular formula is C10H9FO2. The van der Waals surface area contributed by atoms with Crippen molar-refractivity contribution in [3.63, 3.8) is 0 Å². The number of carbonyl (C=O) groups is 2. The second kappa shape index (κ2) is 3.47. The number of rotatable bonds is 2. The van der Waals surface area contributed by atoms with Gasteiger partial charge in [-0.3, -0.25) is 9.59 Å². The molecule has 0 atom stereocenters. The zero-order valence-electron chi connectivity index (χ0n) is 7.43. The minimum Gasteiger partial charge on any atom is -0.298 e.